The van der Waals surface area contributed by atoms with Gasteiger partial charge in [0.1, 0.15) is 0 Å². The third kappa shape index (κ3) is 2.00. The van der Waals surface area contributed by atoms with Gasteiger partial charge in [-0.3, -0.25) is 4.79 Å². The van der Waals surface area contributed by atoms with Gasteiger partial charge in [-0.2, -0.15) is 0 Å². The van der Waals surface area contributed by atoms with Crippen LogP contribution >= 0.6 is 11.6 Å². The van der Waals surface area contributed by atoms with Crippen LogP contribution in [0.1, 0.15) is 29.9 Å². The lowest BCUT2D eigenvalue weighted by molar-refractivity contribution is 0.265. The summed E-state index contributed by atoms with van der Waals surface area (Å²) in [6, 6.07) is 6.15. The van der Waals surface area contributed by atoms with Gasteiger partial charge < -0.3 is 4.90 Å². The van der Waals surface area contributed by atoms with Gasteiger partial charge in [-0.15, -0.1) is 0 Å². The smallest absolute Gasteiger partial charge is 0.301 e. The molecule has 0 saturated heterocycles. The number of rotatable bonds is 2. The third-order valence-electron chi connectivity index (χ3n) is 2.89. The van der Waals surface area contributed by atoms with Gasteiger partial charge in [-0.05, 0) is 48.4 Å². The zero-order chi connectivity index (χ0) is 11.0. The lowest BCUT2D eigenvalue weighted by Gasteiger charge is -2.20. The minimum absolute atomic E-state index is 0.425. The molecule has 3 heteroatoms. The molecular weight excluding hydrogens is 210 g/mol. The van der Waals surface area contributed by atoms with Gasteiger partial charge in [-0.1, -0.05) is 18.2 Å². The number of amides is 1. The molecule has 1 aromatic carbocycles. The second-order valence-corrected chi connectivity index (χ2v) is 4.42. The fraction of sp³-hybridized carbons (Fsp3) is 0.417. The van der Waals surface area contributed by atoms with E-state index in [4.69, 9.17) is 11.6 Å². The molecule has 1 aliphatic carbocycles. The van der Waals surface area contributed by atoms with Crippen LogP contribution in [0.25, 0.3) is 0 Å². The first kappa shape index (κ1) is 10.5. The molecule has 0 atom stereocenters. The minimum Gasteiger partial charge on any atom is -0.301 e. The third-order valence-corrected chi connectivity index (χ3v) is 3.14. The van der Waals surface area contributed by atoms with Crippen molar-refractivity contribution in [1.82, 2.24) is 0 Å². The maximum absolute atomic E-state index is 11.2. The zero-order valence-electron chi connectivity index (χ0n) is 8.96. The number of nitrogens with zero attached hydrogens (tertiary/aromatic N) is 1. The van der Waals surface area contributed by atoms with Crippen molar-refractivity contribution >= 4 is 22.7 Å². The Labute approximate surface area is 94.8 Å². The molecule has 1 saturated carbocycles. The topological polar surface area (TPSA) is 20.3 Å². The average molecular weight is 224 g/mol. The van der Waals surface area contributed by atoms with Crippen LogP contribution in [0.5, 0.6) is 0 Å². The van der Waals surface area contributed by atoms with E-state index in [1.165, 1.54) is 23.3 Å². The molecule has 80 valence electrons. The number of aryl methyl sites for hydroxylation is 1. The molecule has 0 aromatic heterocycles. The van der Waals surface area contributed by atoms with Gasteiger partial charge in [-0.25, -0.2) is 0 Å². The molecule has 0 spiro atoms. The first-order valence-corrected chi connectivity index (χ1v) is 5.51. The Morgan fingerprint density at radius 1 is 1.47 bits per heavy atom. The molecule has 1 aliphatic rings. The highest BCUT2D eigenvalue weighted by Gasteiger charge is 2.28. The number of carbonyl (C=O) groups is 1. The zero-order valence-corrected chi connectivity index (χ0v) is 9.71. The Kier molecular flexibility index (Phi) is 2.70. The van der Waals surface area contributed by atoms with Gasteiger partial charge in [0, 0.05) is 7.05 Å². The van der Waals surface area contributed by atoms with Crippen molar-refractivity contribution in [3.63, 3.8) is 0 Å². The molecule has 1 aromatic rings. The van der Waals surface area contributed by atoms with E-state index in [1.54, 1.807) is 7.05 Å². The molecule has 1 fully saturated rings. The molecule has 2 nitrogen and oxygen atoms in total. The average Bonchev–Trinajstić information content (AvgIpc) is 2.99. The normalized spacial score (nSPS) is 15.1. The van der Waals surface area contributed by atoms with Crippen molar-refractivity contribution < 1.29 is 4.79 Å². The Morgan fingerprint density at radius 2 is 2.13 bits per heavy atom. The largest absolute Gasteiger partial charge is 0.320 e. The number of benzene rings is 1. The first-order chi connectivity index (χ1) is 7.11. The van der Waals surface area contributed by atoms with Crippen molar-refractivity contribution in [2.24, 2.45) is 0 Å². The lowest BCUT2D eigenvalue weighted by atomic mass is 10.0. The molecule has 1 amide bonds. The summed E-state index contributed by atoms with van der Waals surface area (Å²) in [4.78, 5) is 12.7. The highest BCUT2D eigenvalue weighted by Crippen LogP contribution is 2.45. The van der Waals surface area contributed by atoms with E-state index < -0.39 is 5.37 Å². The minimum atomic E-state index is -0.425. The monoisotopic (exact) mass is 223 g/mol. The van der Waals surface area contributed by atoms with Gasteiger partial charge >= 0.3 is 5.37 Å². The second kappa shape index (κ2) is 3.86. The summed E-state index contributed by atoms with van der Waals surface area (Å²) in [7, 11) is 1.73. The highest BCUT2D eigenvalue weighted by molar-refractivity contribution is 6.66. The van der Waals surface area contributed by atoms with Crippen molar-refractivity contribution in [2.75, 3.05) is 11.9 Å². The molecular formula is C12H14ClNO. The van der Waals surface area contributed by atoms with E-state index in [1.807, 2.05) is 19.1 Å². The van der Waals surface area contributed by atoms with E-state index >= 15 is 0 Å². The van der Waals surface area contributed by atoms with Crippen LogP contribution in [-0.2, 0) is 0 Å². The number of hydrogen-bond donors (Lipinski definition) is 0. The van der Waals surface area contributed by atoms with E-state index in [9.17, 15) is 4.79 Å². The Balaban J connectivity index is 2.46. The van der Waals surface area contributed by atoms with Crippen LogP contribution in [0.4, 0.5) is 10.5 Å². The highest BCUT2D eigenvalue weighted by atomic mass is 35.5. The summed E-state index contributed by atoms with van der Waals surface area (Å²) in [5.74, 6) is 0.623. The fourth-order valence-electron chi connectivity index (χ4n) is 1.95. The molecule has 0 unspecified atom stereocenters. The summed E-state index contributed by atoms with van der Waals surface area (Å²) in [5, 5.41) is -0.425. The van der Waals surface area contributed by atoms with E-state index in [-0.39, 0.29) is 0 Å². The molecule has 0 radical (unpaired) electrons. The SMILES string of the molecule is Cc1cccc(C2CC2)c1N(C)C(=O)Cl. The predicted octanol–water partition coefficient (Wildman–Crippen LogP) is 3.67. The second-order valence-electron chi connectivity index (χ2n) is 4.10. The van der Waals surface area contributed by atoms with Crippen molar-refractivity contribution in [2.45, 2.75) is 25.7 Å². The van der Waals surface area contributed by atoms with Crippen LogP contribution in [0.3, 0.4) is 0 Å². The standard InChI is InChI=1S/C12H14ClNO/c1-8-4-3-5-10(9-6-7-9)11(8)14(2)12(13)15/h3-5,9H,6-7H2,1-2H3. The van der Waals surface area contributed by atoms with Crippen molar-refractivity contribution in [3.05, 3.63) is 29.3 Å². The summed E-state index contributed by atoms with van der Waals surface area (Å²) in [5.41, 5.74) is 3.35. The molecule has 15 heavy (non-hydrogen) atoms. The van der Waals surface area contributed by atoms with Crippen LogP contribution in [0.2, 0.25) is 0 Å². The number of carbonyl (C=O) groups excluding carboxylic acids is 1. The maximum Gasteiger partial charge on any atom is 0.320 e. The van der Waals surface area contributed by atoms with Crippen molar-refractivity contribution in [3.8, 4) is 0 Å². The van der Waals surface area contributed by atoms with Crippen LogP contribution < -0.4 is 4.90 Å². The van der Waals surface area contributed by atoms with E-state index in [2.05, 4.69) is 6.07 Å². The Bertz CT molecular complexity index is 399. The molecule has 0 aliphatic heterocycles. The van der Waals surface area contributed by atoms with Crippen LogP contribution in [0.15, 0.2) is 18.2 Å². The van der Waals surface area contributed by atoms with Gasteiger partial charge in [0.25, 0.3) is 0 Å². The Hall–Kier alpha value is -1.02. The number of hydrogen-bond acceptors (Lipinski definition) is 1. The van der Waals surface area contributed by atoms with Crippen molar-refractivity contribution in [1.29, 1.82) is 0 Å². The fourth-order valence-corrected chi connectivity index (χ4v) is 2.04. The summed E-state index contributed by atoms with van der Waals surface area (Å²) in [6.45, 7) is 2.01. The van der Waals surface area contributed by atoms with E-state index in [0.29, 0.717) is 5.92 Å². The van der Waals surface area contributed by atoms with E-state index in [0.717, 1.165) is 11.3 Å². The number of para-hydroxylation sites is 1. The maximum atomic E-state index is 11.2. The quantitative estimate of drug-likeness (QED) is 0.554. The summed E-state index contributed by atoms with van der Waals surface area (Å²) in [6.07, 6.45) is 2.45. The summed E-state index contributed by atoms with van der Waals surface area (Å²) >= 11 is 5.52. The number of halogens is 1. The predicted molar refractivity (Wildman–Crippen MR) is 62.8 cm³/mol. The molecule has 0 bridgehead atoms. The first-order valence-electron chi connectivity index (χ1n) is 5.14. The molecule has 2 rings (SSSR count). The van der Waals surface area contributed by atoms with Gasteiger partial charge in [0.15, 0.2) is 0 Å². The van der Waals surface area contributed by atoms with Gasteiger partial charge in [0.05, 0.1) is 5.69 Å². The van der Waals surface area contributed by atoms with Crippen LogP contribution in [0, 0.1) is 6.92 Å². The van der Waals surface area contributed by atoms with Gasteiger partial charge in [0.2, 0.25) is 0 Å². The molecule has 0 heterocycles. The lowest BCUT2D eigenvalue weighted by Crippen LogP contribution is -2.21. The Morgan fingerprint density at radius 3 is 2.67 bits per heavy atom. The number of anilines is 1. The molecule has 0 N–H and O–H groups in total. The van der Waals surface area contributed by atoms with Crippen LogP contribution in [-0.4, -0.2) is 12.4 Å². The summed E-state index contributed by atoms with van der Waals surface area (Å²) < 4.78 is 0.